The van der Waals surface area contributed by atoms with Crippen molar-refractivity contribution in [3.63, 3.8) is 0 Å². The highest BCUT2D eigenvalue weighted by Crippen LogP contribution is 2.52. The number of hydrogen-bond acceptors (Lipinski definition) is 1. The van der Waals surface area contributed by atoms with Crippen LogP contribution in [0.3, 0.4) is 0 Å². The van der Waals surface area contributed by atoms with E-state index in [1.54, 1.807) is 0 Å². The van der Waals surface area contributed by atoms with Crippen LogP contribution in [0.4, 0.5) is 0 Å². The topological polar surface area (TPSA) is 13.1 Å². The van der Waals surface area contributed by atoms with Gasteiger partial charge in [0, 0.05) is 16.2 Å². The summed E-state index contributed by atoms with van der Waals surface area (Å²) >= 11 is 0. The Morgan fingerprint density at radius 3 is 1.67 bits per heavy atom. The Morgan fingerprint density at radius 1 is 0.404 bits per heavy atom. The van der Waals surface area contributed by atoms with Gasteiger partial charge in [0.25, 0.3) is 0 Å². The van der Waals surface area contributed by atoms with Crippen molar-refractivity contribution in [2.24, 2.45) is 0 Å². The molecule has 244 valence electrons. The van der Waals surface area contributed by atoms with Gasteiger partial charge in [0.1, 0.15) is 11.2 Å². The number of furan rings is 1. The predicted octanol–water partition coefficient (Wildman–Crippen LogP) is 14.4. The molecule has 1 aliphatic rings. The van der Waals surface area contributed by atoms with E-state index in [4.69, 9.17) is 26.3 Å². The highest BCUT2D eigenvalue weighted by molar-refractivity contribution is 6.23. The van der Waals surface area contributed by atoms with E-state index in [1.165, 1.54) is 13.8 Å². The molecule has 1 heterocycles. The fourth-order valence-electron chi connectivity index (χ4n) is 7.17. The van der Waals surface area contributed by atoms with Crippen LogP contribution >= 0.6 is 0 Å². The first kappa shape index (κ1) is 13.0. The molecule has 10 aromatic rings. The summed E-state index contributed by atoms with van der Waals surface area (Å²) < 4.78 is 262. The zero-order valence-electron chi connectivity index (χ0n) is 54.9. The van der Waals surface area contributed by atoms with Gasteiger partial charge in [-0.25, -0.2) is 0 Å². The number of rotatable bonds is 3. The maximum Gasteiger partial charge on any atom is 0.136 e. The van der Waals surface area contributed by atoms with Crippen molar-refractivity contribution in [2.75, 3.05) is 0 Å². The van der Waals surface area contributed by atoms with Crippen LogP contribution in [0.5, 0.6) is 0 Å². The molecule has 0 aliphatic heterocycles. The molecule has 1 aliphatic carbocycles. The lowest BCUT2D eigenvalue weighted by atomic mass is 9.82. The van der Waals surface area contributed by atoms with Crippen LogP contribution in [0.1, 0.15) is 63.4 Å². The SMILES string of the molecule is [2H]c1c([2H])c([2H])c2c(c1[2H])-c1c(-c3c([2H])c([2H])c(-c4c5c([2H])c([2H])c([2H])c([2H])c5c(-c5c([2H])c([2H])c6oc7c([2H])c([2H])c8c([2H])c([2H])c([2H])c([2H])c8c7c6c5[2H])c5c([2H])c([2H])c([2H])c([2H])c45)c([2H])c3[2H])c([2H])c([2H])c([2H])c1C2(C)C. The molecule has 0 N–H and O–H groups in total. The minimum Gasteiger partial charge on any atom is -0.456 e. The lowest BCUT2D eigenvalue weighted by Gasteiger charge is -2.21. The maximum absolute atomic E-state index is 9.95. The Kier molecular flexibility index (Phi) is 2.69. The van der Waals surface area contributed by atoms with Gasteiger partial charge in [-0.2, -0.15) is 0 Å². The molecule has 1 aromatic heterocycles. The van der Waals surface area contributed by atoms with Crippen LogP contribution in [0.25, 0.3) is 98.8 Å². The molecule has 0 saturated carbocycles. The maximum atomic E-state index is 9.95. The quantitative estimate of drug-likeness (QED) is 0.168. The third kappa shape index (κ3) is 4.05. The average Bonchev–Trinajstić information content (AvgIpc) is 4.11. The van der Waals surface area contributed by atoms with Gasteiger partial charge in [0.2, 0.25) is 0 Å². The molecule has 0 radical (unpaired) electrons. The molecule has 0 fully saturated rings. The zero-order valence-corrected chi connectivity index (χ0v) is 26.9. The molecule has 0 unspecified atom stereocenters. The molecule has 0 saturated heterocycles. The Bertz CT molecular complexity index is 4600. The second-order valence-corrected chi connectivity index (χ2v) is 12.6. The second-order valence-electron chi connectivity index (χ2n) is 12.6. The van der Waals surface area contributed by atoms with Gasteiger partial charge in [-0.15, -0.1) is 0 Å². The van der Waals surface area contributed by atoms with Crippen molar-refractivity contribution in [1.29, 1.82) is 0 Å². The Morgan fingerprint density at radius 2 is 0.942 bits per heavy atom. The molecule has 0 spiro atoms. The molecule has 0 atom stereocenters. The van der Waals surface area contributed by atoms with Gasteiger partial charge in [-0.3, -0.25) is 0 Å². The highest BCUT2D eigenvalue weighted by atomic mass is 16.3. The smallest absolute Gasteiger partial charge is 0.136 e. The van der Waals surface area contributed by atoms with Crippen molar-refractivity contribution in [1.82, 2.24) is 0 Å². The van der Waals surface area contributed by atoms with E-state index in [0.29, 0.717) is 0 Å². The number of fused-ring (bicyclic) bond motifs is 10. The van der Waals surface area contributed by atoms with Gasteiger partial charge in [-0.05, 0) is 106 Å². The molecule has 0 bridgehead atoms. The van der Waals surface area contributed by atoms with Crippen LogP contribution in [0.15, 0.2) is 174 Å². The summed E-state index contributed by atoms with van der Waals surface area (Å²) in [7, 11) is 0. The van der Waals surface area contributed by atoms with E-state index in [0.717, 1.165) is 0 Å². The summed E-state index contributed by atoms with van der Waals surface area (Å²) in [5.41, 5.74) is -7.56. The molecule has 52 heavy (non-hydrogen) atoms. The number of hydrogen-bond donors (Lipinski definition) is 0. The summed E-state index contributed by atoms with van der Waals surface area (Å²) in [6, 6.07) is -24.0. The summed E-state index contributed by atoms with van der Waals surface area (Å²) in [4.78, 5) is 0. The van der Waals surface area contributed by atoms with Crippen molar-refractivity contribution >= 4 is 54.3 Å². The summed E-state index contributed by atoms with van der Waals surface area (Å²) in [5, 5.41) is -4.77. The third-order valence-corrected chi connectivity index (χ3v) is 9.51. The first-order valence-electron chi connectivity index (χ1n) is 29.9. The first-order valence-corrected chi connectivity index (χ1v) is 15.9. The van der Waals surface area contributed by atoms with Crippen LogP contribution in [-0.4, -0.2) is 0 Å². The van der Waals surface area contributed by atoms with E-state index in [9.17, 15) is 16.4 Å². The highest BCUT2D eigenvalue weighted by Gasteiger charge is 2.36. The fourth-order valence-corrected chi connectivity index (χ4v) is 7.17. The van der Waals surface area contributed by atoms with Gasteiger partial charge in [-0.1, -0.05) is 165 Å². The van der Waals surface area contributed by atoms with Gasteiger partial charge in [0.15, 0.2) is 0 Å². The van der Waals surface area contributed by atoms with Crippen molar-refractivity contribution in [2.45, 2.75) is 19.3 Å². The molecular formula is C51H34O. The Balaban J connectivity index is 1.36. The Labute approximate surface area is 341 Å². The molecule has 0 amide bonds. The van der Waals surface area contributed by atoms with Gasteiger partial charge in [0.05, 0.1) is 38.4 Å². The zero-order chi connectivity index (χ0) is 58.9. The molecule has 1 nitrogen and oxygen atoms in total. The van der Waals surface area contributed by atoms with E-state index in [-0.39, 0.29) is 22.3 Å². The second kappa shape index (κ2) is 10.8. The largest absolute Gasteiger partial charge is 0.456 e. The van der Waals surface area contributed by atoms with Crippen LogP contribution in [0.2, 0.25) is 0 Å². The molecule has 9 aromatic carbocycles. The lowest BCUT2D eigenvalue weighted by molar-refractivity contribution is 0.660. The van der Waals surface area contributed by atoms with E-state index >= 15 is 0 Å². The fraction of sp³-hybridized carbons (Fsp3) is 0.0588. The summed E-state index contributed by atoms with van der Waals surface area (Å²) in [6.45, 7) is 3.04. The summed E-state index contributed by atoms with van der Waals surface area (Å²) in [5.74, 6) is 0. The van der Waals surface area contributed by atoms with E-state index < -0.39 is 262 Å². The summed E-state index contributed by atoms with van der Waals surface area (Å²) in [6.07, 6.45) is 0. The van der Waals surface area contributed by atoms with Crippen LogP contribution < -0.4 is 0 Å². The Hall–Kier alpha value is -6.44. The van der Waals surface area contributed by atoms with Crippen molar-refractivity contribution in [3.05, 3.63) is 180 Å². The minimum atomic E-state index is -1.48. The first-order chi connectivity index (χ1) is 37.2. The van der Waals surface area contributed by atoms with E-state index in [2.05, 4.69) is 0 Å². The van der Waals surface area contributed by atoms with Crippen LogP contribution in [-0.2, 0) is 5.41 Å². The predicted molar refractivity (Wildman–Crippen MR) is 220 cm³/mol. The van der Waals surface area contributed by atoms with Crippen molar-refractivity contribution < 1.29 is 42.8 Å². The van der Waals surface area contributed by atoms with Crippen molar-refractivity contribution in [3.8, 4) is 44.5 Å². The standard InChI is InChI=1S/C51H34O/c1-51(2)43-20-10-9-18-41(43)49-35(19-11-21-44(49)51)32-22-24-33(25-23-32)47-37-14-5-7-16-39(37)48(40-17-8-6-15-38(40)47)34-27-28-45-42(30-34)50-36-13-4-3-12-31(36)26-29-46(50)52-45/h3-30H,1-2H3/i3D,4D,5D,6D,7D,8D,9D,10D,11D,12D,13D,14D,15D,16D,17D,18D,19D,20D,21D,22D,23D,24D,25D,26D,27D,28D,29D,30D. The van der Waals surface area contributed by atoms with Gasteiger partial charge >= 0.3 is 0 Å². The number of benzene rings is 9. The van der Waals surface area contributed by atoms with E-state index in [1.807, 2.05) is 0 Å². The molecular weight excluding hydrogens is 629 g/mol. The third-order valence-electron chi connectivity index (χ3n) is 9.51. The normalized spacial score (nSPS) is 20.9. The molecule has 1 heteroatoms. The monoisotopic (exact) mass is 690 g/mol. The molecule has 11 rings (SSSR count). The van der Waals surface area contributed by atoms with Crippen LogP contribution in [0, 0.1) is 0 Å². The lowest BCUT2D eigenvalue weighted by Crippen LogP contribution is -2.14. The average molecular weight is 691 g/mol. The van der Waals surface area contributed by atoms with Gasteiger partial charge < -0.3 is 4.42 Å². The minimum absolute atomic E-state index is 0.0416.